The van der Waals surface area contributed by atoms with Gasteiger partial charge in [0.15, 0.2) is 0 Å². The van der Waals surface area contributed by atoms with Crippen LogP contribution in [0.2, 0.25) is 0 Å². The van der Waals surface area contributed by atoms with E-state index < -0.39 is 0 Å². The third-order valence-corrected chi connectivity index (χ3v) is 5.10. The lowest BCUT2D eigenvalue weighted by Gasteiger charge is -2.22. The number of rotatable bonds is 7. The smallest absolute Gasteiger partial charge is 0.0598 e. The van der Waals surface area contributed by atoms with Gasteiger partial charge in [0.25, 0.3) is 0 Å². The maximum atomic E-state index is 5.78. The maximum Gasteiger partial charge on any atom is 0.0598 e. The van der Waals surface area contributed by atoms with Gasteiger partial charge in [0.2, 0.25) is 0 Å². The van der Waals surface area contributed by atoms with Crippen molar-refractivity contribution in [2.24, 2.45) is 23.7 Å². The van der Waals surface area contributed by atoms with Crippen LogP contribution >= 0.6 is 0 Å². The van der Waals surface area contributed by atoms with E-state index in [2.05, 4.69) is 52.0 Å². The Bertz CT molecular complexity index is 361. The molecule has 0 spiro atoms. The molecule has 2 aliphatic carbocycles. The van der Waals surface area contributed by atoms with Crippen molar-refractivity contribution in [2.45, 2.75) is 71.8 Å². The van der Waals surface area contributed by atoms with E-state index in [0.29, 0.717) is 0 Å². The number of ether oxygens (including phenoxy) is 1. The molecule has 0 aromatic carbocycles. The summed E-state index contributed by atoms with van der Waals surface area (Å²) >= 11 is 0. The molecule has 0 aromatic rings. The van der Waals surface area contributed by atoms with Crippen LogP contribution in [0, 0.1) is 23.7 Å². The minimum atomic E-state index is 0.0236. The molecule has 4 atom stereocenters. The van der Waals surface area contributed by atoms with E-state index in [9.17, 15) is 0 Å². The summed E-state index contributed by atoms with van der Waals surface area (Å²) in [5, 5.41) is 0. The van der Waals surface area contributed by atoms with Gasteiger partial charge in [0.1, 0.15) is 0 Å². The molecular formula is C20H34O. The molecule has 0 radical (unpaired) electrons. The van der Waals surface area contributed by atoms with Crippen LogP contribution in [0.5, 0.6) is 0 Å². The monoisotopic (exact) mass is 290 g/mol. The summed E-state index contributed by atoms with van der Waals surface area (Å²) in [4.78, 5) is 0. The summed E-state index contributed by atoms with van der Waals surface area (Å²) in [6, 6.07) is 0. The second-order valence-corrected chi connectivity index (χ2v) is 8.06. The number of allylic oxidation sites excluding steroid dienone is 4. The van der Waals surface area contributed by atoms with E-state index in [4.69, 9.17) is 4.74 Å². The number of fused-ring (bicyclic) bond motifs is 1. The summed E-state index contributed by atoms with van der Waals surface area (Å²) in [5.74, 6) is 3.45. The molecule has 1 fully saturated rings. The van der Waals surface area contributed by atoms with Gasteiger partial charge in [-0.1, -0.05) is 50.5 Å². The second kappa shape index (κ2) is 7.63. The number of hydrogen-bond donors (Lipinski definition) is 0. The summed E-state index contributed by atoms with van der Waals surface area (Å²) in [5.41, 5.74) is 0.0236. The summed E-state index contributed by atoms with van der Waals surface area (Å²) in [6.45, 7) is 9.76. The lowest BCUT2D eigenvalue weighted by Crippen LogP contribution is -2.19. The SMILES string of the molecule is CC1CC(CCCCCCOC(C)(C)C)C2C=CC=CC12. The van der Waals surface area contributed by atoms with Crippen molar-refractivity contribution in [2.75, 3.05) is 6.61 Å². The van der Waals surface area contributed by atoms with Crippen LogP contribution in [0.15, 0.2) is 24.3 Å². The highest BCUT2D eigenvalue weighted by atomic mass is 16.5. The molecule has 2 rings (SSSR count). The van der Waals surface area contributed by atoms with E-state index in [0.717, 1.165) is 30.3 Å². The first kappa shape index (κ1) is 16.8. The van der Waals surface area contributed by atoms with Gasteiger partial charge in [-0.15, -0.1) is 0 Å². The van der Waals surface area contributed by atoms with Crippen molar-refractivity contribution >= 4 is 0 Å². The van der Waals surface area contributed by atoms with E-state index in [-0.39, 0.29) is 5.60 Å². The Hall–Kier alpha value is -0.560. The Morgan fingerprint density at radius 2 is 1.62 bits per heavy atom. The highest BCUT2D eigenvalue weighted by Gasteiger charge is 2.38. The van der Waals surface area contributed by atoms with Gasteiger partial charge in [0.05, 0.1) is 5.60 Å². The molecule has 0 N–H and O–H groups in total. The van der Waals surface area contributed by atoms with E-state index in [1.54, 1.807) is 0 Å². The summed E-state index contributed by atoms with van der Waals surface area (Å²) in [6.07, 6.45) is 17.6. The molecule has 1 nitrogen and oxygen atoms in total. The van der Waals surface area contributed by atoms with Crippen LogP contribution in [0.3, 0.4) is 0 Å². The highest BCUT2D eigenvalue weighted by Crippen LogP contribution is 2.46. The standard InChI is InChI=1S/C20H34O/c1-16-15-17(19-13-9-8-12-18(16)19)11-7-5-6-10-14-21-20(2,3)4/h8-9,12-13,16-19H,5-7,10-11,14-15H2,1-4H3. The Morgan fingerprint density at radius 3 is 2.33 bits per heavy atom. The average Bonchev–Trinajstić information content (AvgIpc) is 2.74. The largest absolute Gasteiger partial charge is 0.376 e. The van der Waals surface area contributed by atoms with Crippen LogP contribution in [-0.2, 0) is 4.74 Å². The Morgan fingerprint density at radius 1 is 0.952 bits per heavy atom. The summed E-state index contributed by atoms with van der Waals surface area (Å²) < 4.78 is 5.78. The van der Waals surface area contributed by atoms with Crippen molar-refractivity contribution in [3.63, 3.8) is 0 Å². The molecule has 0 bridgehead atoms. The van der Waals surface area contributed by atoms with E-state index >= 15 is 0 Å². The third-order valence-electron chi connectivity index (χ3n) is 5.10. The van der Waals surface area contributed by atoms with Crippen LogP contribution in [0.1, 0.15) is 66.2 Å². The fraction of sp³-hybridized carbons (Fsp3) is 0.800. The molecule has 1 heteroatoms. The van der Waals surface area contributed by atoms with Crippen molar-refractivity contribution in [3.8, 4) is 0 Å². The molecular weight excluding hydrogens is 256 g/mol. The minimum absolute atomic E-state index is 0.0236. The first-order valence-corrected chi connectivity index (χ1v) is 8.96. The second-order valence-electron chi connectivity index (χ2n) is 8.06. The van der Waals surface area contributed by atoms with Gasteiger partial charge < -0.3 is 4.74 Å². The molecule has 0 saturated heterocycles. The lowest BCUT2D eigenvalue weighted by atomic mass is 9.82. The molecule has 0 aliphatic heterocycles. The Balaban J connectivity index is 1.57. The lowest BCUT2D eigenvalue weighted by molar-refractivity contribution is -0.00477. The Kier molecular flexibility index (Phi) is 6.10. The van der Waals surface area contributed by atoms with Crippen LogP contribution in [0.25, 0.3) is 0 Å². The van der Waals surface area contributed by atoms with Gasteiger partial charge in [-0.2, -0.15) is 0 Å². The number of unbranched alkanes of at least 4 members (excludes halogenated alkanes) is 3. The van der Waals surface area contributed by atoms with Gasteiger partial charge in [0, 0.05) is 6.61 Å². The topological polar surface area (TPSA) is 9.23 Å². The van der Waals surface area contributed by atoms with Crippen molar-refractivity contribution in [3.05, 3.63) is 24.3 Å². The van der Waals surface area contributed by atoms with Crippen molar-refractivity contribution in [1.29, 1.82) is 0 Å². The molecule has 0 heterocycles. The third kappa shape index (κ3) is 5.29. The molecule has 0 aromatic heterocycles. The van der Waals surface area contributed by atoms with Crippen molar-refractivity contribution in [1.82, 2.24) is 0 Å². The highest BCUT2D eigenvalue weighted by molar-refractivity contribution is 5.18. The molecule has 0 amide bonds. The molecule has 2 aliphatic rings. The quantitative estimate of drug-likeness (QED) is 0.541. The molecule has 1 saturated carbocycles. The van der Waals surface area contributed by atoms with E-state index in [1.807, 2.05) is 0 Å². The molecule has 4 unspecified atom stereocenters. The van der Waals surface area contributed by atoms with Gasteiger partial charge >= 0.3 is 0 Å². The zero-order valence-electron chi connectivity index (χ0n) is 14.5. The van der Waals surface area contributed by atoms with Gasteiger partial charge in [-0.3, -0.25) is 0 Å². The maximum absolute atomic E-state index is 5.78. The average molecular weight is 290 g/mol. The zero-order valence-corrected chi connectivity index (χ0v) is 14.5. The first-order valence-electron chi connectivity index (χ1n) is 8.96. The molecule has 21 heavy (non-hydrogen) atoms. The van der Waals surface area contributed by atoms with Crippen LogP contribution in [-0.4, -0.2) is 12.2 Å². The first-order chi connectivity index (χ1) is 9.97. The van der Waals surface area contributed by atoms with Crippen LogP contribution < -0.4 is 0 Å². The Labute approximate surface area is 131 Å². The summed E-state index contributed by atoms with van der Waals surface area (Å²) in [7, 11) is 0. The van der Waals surface area contributed by atoms with Crippen molar-refractivity contribution < 1.29 is 4.74 Å². The number of hydrogen-bond acceptors (Lipinski definition) is 1. The van der Waals surface area contributed by atoms with Crippen LogP contribution in [0.4, 0.5) is 0 Å². The predicted molar refractivity (Wildman–Crippen MR) is 91.3 cm³/mol. The molecule has 120 valence electrons. The minimum Gasteiger partial charge on any atom is -0.376 e. The zero-order chi connectivity index (χ0) is 15.3. The normalized spacial score (nSPS) is 31.6. The fourth-order valence-electron chi connectivity index (χ4n) is 4.02. The predicted octanol–water partition coefficient (Wildman–Crippen LogP) is 5.77. The van der Waals surface area contributed by atoms with Gasteiger partial charge in [-0.05, 0) is 63.7 Å². The fourth-order valence-corrected chi connectivity index (χ4v) is 4.02. The van der Waals surface area contributed by atoms with Gasteiger partial charge in [-0.25, -0.2) is 0 Å². The van der Waals surface area contributed by atoms with E-state index in [1.165, 1.54) is 38.5 Å².